The molecule has 1 aliphatic rings. The molecular formula is C26H22N2O5S. The Morgan fingerprint density at radius 2 is 2.00 bits per heavy atom. The second-order valence-corrected chi connectivity index (χ2v) is 8.78. The number of thiazole rings is 1. The van der Waals surface area contributed by atoms with Crippen LogP contribution in [0, 0.1) is 0 Å². The van der Waals surface area contributed by atoms with Crippen LogP contribution in [0.3, 0.4) is 0 Å². The highest BCUT2D eigenvalue weighted by atomic mass is 32.1. The lowest BCUT2D eigenvalue weighted by molar-refractivity contribution is -0.117. The zero-order valence-electron chi connectivity index (χ0n) is 18.4. The molecular weight excluding hydrogens is 452 g/mol. The maximum Gasteiger partial charge on any atom is 0.296 e. The molecule has 0 spiro atoms. The molecule has 8 heteroatoms. The van der Waals surface area contributed by atoms with Crippen LogP contribution in [0.4, 0.5) is 5.13 Å². The topological polar surface area (TPSA) is 92.9 Å². The average Bonchev–Trinajstić information content (AvgIpc) is 3.58. The second-order valence-electron chi connectivity index (χ2n) is 7.90. The number of nitrogens with zero attached hydrogens (tertiary/aromatic N) is 2. The van der Waals surface area contributed by atoms with E-state index in [-0.39, 0.29) is 11.3 Å². The fraction of sp³-hybridized carbons (Fsp3) is 0.192. The number of carbonyl (C=O) groups is 2. The van der Waals surface area contributed by atoms with Crippen LogP contribution in [0.2, 0.25) is 0 Å². The molecule has 3 heterocycles. The van der Waals surface area contributed by atoms with Gasteiger partial charge in [-0.2, -0.15) is 0 Å². The van der Waals surface area contributed by atoms with E-state index in [1.165, 1.54) is 16.2 Å². The Labute approximate surface area is 199 Å². The Bertz CT molecular complexity index is 1340. The molecule has 0 fully saturated rings. The third kappa shape index (κ3) is 3.86. The molecule has 1 amide bonds. The maximum atomic E-state index is 13.6. The van der Waals surface area contributed by atoms with Gasteiger partial charge in [-0.3, -0.25) is 14.5 Å². The number of carbonyl (C=O) groups excluding carboxylic acids is 2. The van der Waals surface area contributed by atoms with E-state index in [1.54, 1.807) is 48.0 Å². The van der Waals surface area contributed by atoms with Crippen molar-refractivity contribution in [2.75, 3.05) is 11.5 Å². The van der Waals surface area contributed by atoms with E-state index in [4.69, 9.17) is 9.15 Å². The number of rotatable bonds is 8. The van der Waals surface area contributed by atoms with Crippen LogP contribution in [0.1, 0.15) is 41.9 Å². The number of hydrogen-bond donors (Lipinski definition) is 1. The van der Waals surface area contributed by atoms with Crippen LogP contribution in [0.5, 0.6) is 5.75 Å². The summed E-state index contributed by atoms with van der Waals surface area (Å²) in [5.41, 5.74) is 1.16. The monoisotopic (exact) mass is 474 g/mol. The molecule has 2 aromatic carbocycles. The normalized spacial score (nSPS) is 16.0. The van der Waals surface area contributed by atoms with E-state index in [1.807, 2.05) is 18.2 Å². The number of benzene rings is 2. The third-order valence-electron chi connectivity index (χ3n) is 5.69. The quantitative estimate of drug-likeness (QED) is 0.254. The Morgan fingerprint density at radius 3 is 2.71 bits per heavy atom. The van der Waals surface area contributed by atoms with Gasteiger partial charge in [-0.1, -0.05) is 43.7 Å². The molecule has 7 nitrogen and oxygen atoms in total. The van der Waals surface area contributed by atoms with Crippen molar-refractivity contribution in [3.8, 4) is 5.75 Å². The van der Waals surface area contributed by atoms with Crippen LogP contribution < -0.4 is 9.64 Å². The van der Waals surface area contributed by atoms with Crippen LogP contribution in [-0.2, 0) is 4.79 Å². The van der Waals surface area contributed by atoms with Gasteiger partial charge in [0.15, 0.2) is 16.7 Å². The Hall–Kier alpha value is -3.91. The highest BCUT2D eigenvalue weighted by Gasteiger charge is 2.46. The summed E-state index contributed by atoms with van der Waals surface area (Å²) in [6.07, 6.45) is 3.55. The van der Waals surface area contributed by atoms with Gasteiger partial charge in [0, 0.05) is 17.0 Å². The van der Waals surface area contributed by atoms with Gasteiger partial charge in [0.1, 0.15) is 11.3 Å². The number of amides is 1. The lowest BCUT2D eigenvalue weighted by Crippen LogP contribution is -2.30. The molecule has 0 saturated heterocycles. The van der Waals surface area contributed by atoms with Crippen molar-refractivity contribution in [1.82, 2.24) is 4.98 Å². The molecule has 34 heavy (non-hydrogen) atoms. The zero-order valence-corrected chi connectivity index (χ0v) is 19.2. The molecule has 0 bridgehead atoms. The van der Waals surface area contributed by atoms with E-state index < -0.39 is 23.5 Å². The lowest BCUT2D eigenvalue weighted by atomic mass is 9.95. The van der Waals surface area contributed by atoms with Crippen molar-refractivity contribution in [3.05, 3.63) is 88.8 Å². The molecule has 172 valence electrons. The molecule has 0 saturated carbocycles. The van der Waals surface area contributed by atoms with Gasteiger partial charge in [-0.15, -0.1) is 11.3 Å². The summed E-state index contributed by atoms with van der Waals surface area (Å²) >= 11 is 1.25. The number of ether oxygens (including phenoxy) is 1. The number of fused-ring (bicyclic) bond motifs is 1. The molecule has 0 radical (unpaired) electrons. The summed E-state index contributed by atoms with van der Waals surface area (Å²) in [7, 11) is 0. The smallest absolute Gasteiger partial charge is 0.296 e. The van der Waals surface area contributed by atoms with Gasteiger partial charge in [0.2, 0.25) is 5.78 Å². The van der Waals surface area contributed by atoms with E-state index in [0.717, 1.165) is 18.2 Å². The van der Waals surface area contributed by atoms with Gasteiger partial charge in [-0.05, 0) is 36.2 Å². The molecule has 1 atom stereocenters. The molecule has 0 aliphatic carbocycles. The Morgan fingerprint density at radius 1 is 1.21 bits per heavy atom. The first kappa shape index (κ1) is 21.9. The SMILES string of the molecule is CCCCOc1ccc(C2C(C(=O)c3cc4ccccc4o3)=C(O)C(=O)N2c2nccs2)cc1. The predicted octanol–water partition coefficient (Wildman–Crippen LogP) is 5.85. The van der Waals surface area contributed by atoms with Gasteiger partial charge in [0.25, 0.3) is 5.91 Å². The summed E-state index contributed by atoms with van der Waals surface area (Å²) in [6, 6.07) is 15.2. The predicted molar refractivity (Wildman–Crippen MR) is 129 cm³/mol. The summed E-state index contributed by atoms with van der Waals surface area (Å²) in [5, 5.41) is 13.7. The fourth-order valence-electron chi connectivity index (χ4n) is 3.99. The zero-order chi connectivity index (χ0) is 23.7. The largest absolute Gasteiger partial charge is 0.503 e. The minimum Gasteiger partial charge on any atom is -0.503 e. The van der Waals surface area contributed by atoms with Crippen LogP contribution in [-0.4, -0.2) is 28.4 Å². The second kappa shape index (κ2) is 9.15. The number of aliphatic hydroxyl groups excluding tert-OH is 1. The first-order valence-corrected chi connectivity index (χ1v) is 11.9. The summed E-state index contributed by atoms with van der Waals surface area (Å²) in [5.74, 6) is -1.08. The number of hydrogen-bond acceptors (Lipinski definition) is 7. The van der Waals surface area contributed by atoms with Crippen molar-refractivity contribution in [2.45, 2.75) is 25.8 Å². The first-order valence-electron chi connectivity index (χ1n) is 11.0. The molecule has 5 rings (SSSR count). The molecule has 1 unspecified atom stereocenters. The Kier molecular flexibility index (Phi) is 5.90. The number of Topliss-reactive ketones (excluding diaryl/α,β-unsaturated/α-hetero) is 1. The summed E-state index contributed by atoms with van der Waals surface area (Å²) < 4.78 is 11.5. The lowest BCUT2D eigenvalue weighted by Gasteiger charge is -2.24. The maximum absolute atomic E-state index is 13.6. The van der Waals surface area contributed by atoms with E-state index in [2.05, 4.69) is 11.9 Å². The fourth-order valence-corrected chi connectivity index (χ4v) is 4.66. The van der Waals surface area contributed by atoms with E-state index in [9.17, 15) is 14.7 Å². The van der Waals surface area contributed by atoms with Crippen molar-refractivity contribution >= 4 is 39.1 Å². The van der Waals surface area contributed by atoms with Gasteiger partial charge < -0.3 is 14.3 Å². The van der Waals surface area contributed by atoms with Crippen molar-refractivity contribution in [1.29, 1.82) is 0 Å². The molecule has 2 aromatic heterocycles. The minimum atomic E-state index is -0.857. The highest BCUT2D eigenvalue weighted by Crippen LogP contribution is 2.43. The third-order valence-corrected chi connectivity index (χ3v) is 6.46. The number of furan rings is 1. The highest BCUT2D eigenvalue weighted by molar-refractivity contribution is 7.13. The summed E-state index contributed by atoms with van der Waals surface area (Å²) in [4.78, 5) is 32.3. The minimum absolute atomic E-state index is 0.0427. The van der Waals surface area contributed by atoms with Crippen LogP contribution in [0.15, 0.2) is 81.9 Å². The van der Waals surface area contributed by atoms with Crippen LogP contribution >= 0.6 is 11.3 Å². The van der Waals surface area contributed by atoms with E-state index >= 15 is 0 Å². The molecule has 4 aromatic rings. The number of aliphatic hydroxyl groups is 1. The number of unbranched alkanes of at least 4 members (excludes halogenated alkanes) is 1. The average molecular weight is 475 g/mol. The van der Waals surface area contributed by atoms with E-state index in [0.29, 0.717) is 28.6 Å². The van der Waals surface area contributed by atoms with Gasteiger partial charge in [-0.25, -0.2) is 4.98 Å². The first-order chi connectivity index (χ1) is 16.6. The Balaban J connectivity index is 1.55. The van der Waals surface area contributed by atoms with Crippen molar-refractivity contribution in [3.63, 3.8) is 0 Å². The number of para-hydroxylation sites is 1. The number of ketones is 1. The molecule has 1 aliphatic heterocycles. The standard InChI is InChI=1S/C26H22N2O5S/c1-2-3-13-32-18-10-8-16(9-11-18)22-21(24(30)25(31)28(22)26-27-12-14-34-26)23(29)20-15-17-6-4-5-7-19(17)33-20/h4-12,14-15,22,30H,2-3,13H2,1H3. The van der Waals surface area contributed by atoms with Crippen LogP contribution in [0.25, 0.3) is 11.0 Å². The van der Waals surface area contributed by atoms with Crippen molar-refractivity contribution in [2.24, 2.45) is 0 Å². The van der Waals surface area contributed by atoms with Gasteiger partial charge in [0.05, 0.1) is 18.2 Å². The number of anilines is 1. The van der Waals surface area contributed by atoms with Gasteiger partial charge >= 0.3 is 0 Å². The summed E-state index contributed by atoms with van der Waals surface area (Å²) in [6.45, 7) is 2.70. The van der Waals surface area contributed by atoms with Crippen molar-refractivity contribution < 1.29 is 23.8 Å². The number of aromatic nitrogens is 1. The molecule has 1 N–H and O–H groups in total.